The third-order valence-electron chi connectivity index (χ3n) is 6.23. The molecule has 1 aliphatic heterocycles. The standard InChI is InChI=1S/C24H30N8/c1-3-19(4-2)32-22-21(16-28-32)29-24(31-11-9-25-10-12-31)30-23(22)27-15-17-13-18-7-5-6-8-20(18)26-14-17/h5-8,13-14,16,19,25H,3-4,9-12,15H2,1-2H3,(H,27,29,30). The molecule has 3 aromatic heterocycles. The molecule has 1 aromatic carbocycles. The molecule has 0 radical (unpaired) electrons. The van der Waals surface area contributed by atoms with Gasteiger partial charge in [0.25, 0.3) is 0 Å². The highest BCUT2D eigenvalue weighted by Gasteiger charge is 2.21. The molecule has 0 unspecified atom stereocenters. The first-order valence-electron chi connectivity index (χ1n) is 11.5. The molecule has 5 rings (SSSR count). The number of anilines is 2. The van der Waals surface area contributed by atoms with Crippen LogP contribution in [0, 0.1) is 0 Å². The second-order valence-corrected chi connectivity index (χ2v) is 8.29. The van der Waals surface area contributed by atoms with Crippen molar-refractivity contribution in [3.8, 4) is 0 Å². The van der Waals surface area contributed by atoms with Gasteiger partial charge in [-0.3, -0.25) is 9.67 Å². The molecule has 32 heavy (non-hydrogen) atoms. The quantitative estimate of drug-likeness (QED) is 0.462. The zero-order valence-electron chi connectivity index (χ0n) is 18.8. The Hall–Kier alpha value is -3.26. The summed E-state index contributed by atoms with van der Waals surface area (Å²) in [6.45, 7) is 8.73. The van der Waals surface area contributed by atoms with Gasteiger partial charge >= 0.3 is 0 Å². The van der Waals surface area contributed by atoms with E-state index in [2.05, 4.69) is 51.2 Å². The highest BCUT2D eigenvalue weighted by Crippen LogP contribution is 2.29. The van der Waals surface area contributed by atoms with Crippen LogP contribution >= 0.6 is 0 Å². The zero-order chi connectivity index (χ0) is 21.9. The van der Waals surface area contributed by atoms with Crippen LogP contribution in [0.15, 0.2) is 42.7 Å². The molecule has 8 heteroatoms. The van der Waals surface area contributed by atoms with Crippen molar-refractivity contribution in [2.75, 3.05) is 36.4 Å². The Kier molecular flexibility index (Phi) is 5.85. The van der Waals surface area contributed by atoms with Gasteiger partial charge in [0.1, 0.15) is 11.0 Å². The fourth-order valence-corrected chi connectivity index (χ4v) is 4.39. The van der Waals surface area contributed by atoms with Crippen LogP contribution in [0.3, 0.4) is 0 Å². The summed E-state index contributed by atoms with van der Waals surface area (Å²) in [6.07, 6.45) is 5.84. The van der Waals surface area contributed by atoms with Gasteiger partial charge in [-0.25, -0.2) is 4.98 Å². The SMILES string of the molecule is CCC(CC)n1ncc2nc(N3CCNCC3)nc(NCc3cnc4ccccc4c3)c21. The van der Waals surface area contributed by atoms with E-state index in [1.807, 2.05) is 30.6 Å². The smallest absolute Gasteiger partial charge is 0.228 e. The Morgan fingerprint density at radius 3 is 2.66 bits per heavy atom. The summed E-state index contributed by atoms with van der Waals surface area (Å²) >= 11 is 0. The molecule has 0 spiro atoms. The van der Waals surface area contributed by atoms with Crippen LogP contribution in [0.2, 0.25) is 0 Å². The number of pyridine rings is 1. The van der Waals surface area contributed by atoms with Gasteiger partial charge in [-0.1, -0.05) is 32.0 Å². The Morgan fingerprint density at radius 1 is 1.03 bits per heavy atom. The maximum absolute atomic E-state index is 4.98. The minimum absolute atomic E-state index is 0.323. The maximum atomic E-state index is 4.98. The summed E-state index contributed by atoms with van der Waals surface area (Å²) in [5.74, 6) is 1.60. The number of hydrogen-bond acceptors (Lipinski definition) is 7. The molecule has 4 heterocycles. The van der Waals surface area contributed by atoms with Crippen LogP contribution < -0.4 is 15.5 Å². The van der Waals surface area contributed by atoms with Crippen LogP contribution in [0.1, 0.15) is 38.3 Å². The highest BCUT2D eigenvalue weighted by atomic mass is 15.3. The summed E-state index contributed by atoms with van der Waals surface area (Å²) in [5.41, 5.74) is 3.99. The first-order valence-corrected chi connectivity index (χ1v) is 11.5. The van der Waals surface area contributed by atoms with Gasteiger partial charge in [0.05, 0.1) is 17.8 Å². The summed E-state index contributed by atoms with van der Waals surface area (Å²) in [6, 6.07) is 10.7. The number of benzene rings is 1. The van der Waals surface area contributed by atoms with Crippen molar-refractivity contribution < 1.29 is 0 Å². The number of aromatic nitrogens is 5. The minimum Gasteiger partial charge on any atom is -0.364 e. The van der Waals surface area contributed by atoms with E-state index in [1.54, 1.807) is 0 Å². The summed E-state index contributed by atoms with van der Waals surface area (Å²) in [5, 5.41) is 12.8. The average Bonchev–Trinajstić information content (AvgIpc) is 3.28. The average molecular weight is 431 g/mol. The third kappa shape index (κ3) is 3.98. The molecule has 166 valence electrons. The van der Waals surface area contributed by atoms with Crippen LogP contribution in [0.25, 0.3) is 21.9 Å². The molecule has 1 saturated heterocycles. The Morgan fingerprint density at radius 2 is 1.84 bits per heavy atom. The van der Waals surface area contributed by atoms with Gasteiger partial charge in [-0.15, -0.1) is 0 Å². The summed E-state index contributed by atoms with van der Waals surface area (Å²) < 4.78 is 2.10. The molecule has 0 aliphatic carbocycles. The van der Waals surface area contributed by atoms with E-state index in [9.17, 15) is 0 Å². The fraction of sp³-hybridized carbons (Fsp3) is 0.417. The minimum atomic E-state index is 0.323. The summed E-state index contributed by atoms with van der Waals surface area (Å²) in [7, 11) is 0. The van der Waals surface area contributed by atoms with Crippen molar-refractivity contribution in [1.82, 2.24) is 30.0 Å². The van der Waals surface area contributed by atoms with E-state index in [0.29, 0.717) is 12.6 Å². The topological polar surface area (TPSA) is 83.8 Å². The van der Waals surface area contributed by atoms with Crippen LogP contribution in [-0.4, -0.2) is 50.9 Å². The molecular weight excluding hydrogens is 400 g/mol. The number of nitrogens with one attached hydrogen (secondary N) is 2. The van der Waals surface area contributed by atoms with Crippen molar-refractivity contribution in [3.63, 3.8) is 0 Å². The number of para-hydroxylation sites is 1. The van der Waals surface area contributed by atoms with Gasteiger partial charge < -0.3 is 15.5 Å². The van der Waals surface area contributed by atoms with E-state index >= 15 is 0 Å². The lowest BCUT2D eigenvalue weighted by Crippen LogP contribution is -2.44. The molecule has 0 atom stereocenters. The van der Waals surface area contributed by atoms with Crippen molar-refractivity contribution in [1.29, 1.82) is 0 Å². The Balaban J connectivity index is 1.52. The van der Waals surface area contributed by atoms with Crippen LogP contribution in [-0.2, 0) is 6.54 Å². The van der Waals surface area contributed by atoms with Crippen molar-refractivity contribution >= 4 is 33.7 Å². The lowest BCUT2D eigenvalue weighted by atomic mass is 10.1. The van der Waals surface area contributed by atoms with E-state index in [0.717, 1.165) is 78.3 Å². The molecule has 0 amide bonds. The molecule has 1 aliphatic rings. The number of piperazine rings is 1. The summed E-state index contributed by atoms with van der Waals surface area (Å²) in [4.78, 5) is 16.7. The number of nitrogens with zero attached hydrogens (tertiary/aromatic N) is 6. The zero-order valence-corrected chi connectivity index (χ0v) is 18.8. The molecule has 1 fully saturated rings. The first kappa shape index (κ1) is 20.6. The van der Waals surface area contributed by atoms with Gasteiger partial charge in [0.15, 0.2) is 5.82 Å². The van der Waals surface area contributed by atoms with Crippen molar-refractivity contribution in [3.05, 3.63) is 48.3 Å². The second-order valence-electron chi connectivity index (χ2n) is 8.29. The lowest BCUT2D eigenvalue weighted by Gasteiger charge is -2.28. The largest absolute Gasteiger partial charge is 0.364 e. The number of fused-ring (bicyclic) bond motifs is 2. The molecule has 0 bridgehead atoms. The molecule has 4 aromatic rings. The van der Waals surface area contributed by atoms with Gasteiger partial charge in [0.2, 0.25) is 5.95 Å². The molecule has 2 N–H and O–H groups in total. The van der Waals surface area contributed by atoms with E-state index in [4.69, 9.17) is 15.1 Å². The van der Waals surface area contributed by atoms with Crippen LogP contribution in [0.5, 0.6) is 0 Å². The maximum Gasteiger partial charge on any atom is 0.228 e. The van der Waals surface area contributed by atoms with Crippen molar-refractivity contribution in [2.45, 2.75) is 39.3 Å². The Bertz CT molecular complexity index is 1210. The van der Waals surface area contributed by atoms with Gasteiger partial charge in [-0.05, 0) is 30.5 Å². The lowest BCUT2D eigenvalue weighted by molar-refractivity contribution is 0.441. The monoisotopic (exact) mass is 430 g/mol. The third-order valence-corrected chi connectivity index (χ3v) is 6.23. The molecule has 8 nitrogen and oxygen atoms in total. The fourth-order valence-electron chi connectivity index (χ4n) is 4.39. The van der Waals surface area contributed by atoms with E-state index in [1.165, 1.54) is 0 Å². The van der Waals surface area contributed by atoms with E-state index < -0.39 is 0 Å². The van der Waals surface area contributed by atoms with E-state index in [-0.39, 0.29) is 0 Å². The number of hydrogen-bond donors (Lipinski definition) is 2. The molecule has 0 saturated carbocycles. The van der Waals surface area contributed by atoms with Gasteiger partial charge in [0, 0.05) is 44.3 Å². The second kappa shape index (κ2) is 9.08. The van der Waals surface area contributed by atoms with Crippen LogP contribution in [0.4, 0.5) is 11.8 Å². The van der Waals surface area contributed by atoms with Crippen molar-refractivity contribution in [2.24, 2.45) is 0 Å². The predicted octanol–water partition coefficient (Wildman–Crippen LogP) is 3.76. The van der Waals surface area contributed by atoms with Gasteiger partial charge in [-0.2, -0.15) is 10.1 Å². The first-order chi connectivity index (χ1) is 15.8. The Labute approximate surface area is 188 Å². The molecular formula is C24H30N8. The number of rotatable bonds is 7. The predicted molar refractivity (Wildman–Crippen MR) is 129 cm³/mol. The highest BCUT2D eigenvalue weighted by molar-refractivity contribution is 5.87. The normalized spacial score (nSPS) is 14.5.